The highest BCUT2D eigenvalue weighted by molar-refractivity contribution is 7.47. The van der Waals surface area contributed by atoms with Crippen LogP contribution in [0.5, 0.6) is 5.75 Å². The molecule has 0 bridgehead atoms. The number of aromatic hydroxyl groups is 1. The summed E-state index contributed by atoms with van der Waals surface area (Å²) in [7, 11) is 5.89. The van der Waals surface area contributed by atoms with Gasteiger partial charge in [-0.2, -0.15) is 0 Å². The predicted molar refractivity (Wildman–Crippen MR) is 279 cm³/mol. The fraction of sp³-hybridized carbons (Fsp3) is 0.589. The standard InChI is InChI=1S/C56H79N4O11P/c1-7-56(48-37-50-53-43(38-59(50)54(64)47(48)40-68-55(56)65)35-45-46(39-58(2)3)51(62)30-29-49(45)57-53)71-52(63)36-44(61)34-42-27-25-41(26-28-42)24-22-20-18-16-14-12-10-8-9-11-13-15-17-19-21-23-32-69-72(66,67)70-33-31-60(4,5)6/h25-30,35,37H,7-24,31-34,36,38-40H2,1-6H3,(H-,62,64,66,67)/p+1/t56-/m0/s1. The number of phenolic OH excluding ortho intramolecular Hbond substituents is 1. The number of pyridine rings is 2. The number of fused-ring (bicyclic) bond motifs is 5. The Morgan fingerprint density at radius 3 is 2.00 bits per heavy atom. The number of carbonyl (C=O) groups excluding carboxylic acids is 3. The summed E-state index contributed by atoms with van der Waals surface area (Å²) < 4.78 is 35.8. The third-order valence-corrected chi connectivity index (χ3v) is 14.9. The molecule has 0 saturated carbocycles. The highest BCUT2D eigenvalue weighted by Gasteiger charge is 2.50. The maximum absolute atomic E-state index is 14.1. The van der Waals surface area contributed by atoms with Gasteiger partial charge in [-0.1, -0.05) is 121 Å². The van der Waals surface area contributed by atoms with Crippen LogP contribution < -0.4 is 5.56 Å². The first kappa shape index (κ1) is 56.5. The Morgan fingerprint density at radius 2 is 1.40 bits per heavy atom. The van der Waals surface area contributed by atoms with E-state index in [-0.39, 0.29) is 67.4 Å². The van der Waals surface area contributed by atoms with Crippen molar-refractivity contribution in [3.63, 3.8) is 0 Å². The van der Waals surface area contributed by atoms with Crippen molar-refractivity contribution >= 4 is 36.4 Å². The van der Waals surface area contributed by atoms with Crippen LogP contribution in [0.1, 0.15) is 156 Å². The Bertz CT molecular complexity index is 2590. The minimum atomic E-state index is -3.95. The summed E-state index contributed by atoms with van der Waals surface area (Å²) in [6.07, 6.45) is 19.6. The van der Waals surface area contributed by atoms with E-state index in [2.05, 4.69) is 0 Å². The van der Waals surface area contributed by atoms with E-state index in [4.69, 9.17) is 23.5 Å². The molecule has 4 aromatic rings. The van der Waals surface area contributed by atoms with Crippen molar-refractivity contribution in [1.82, 2.24) is 14.5 Å². The van der Waals surface area contributed by atoms with Gasteiger partial charge in [0.05, 0.1) is 56.8 Å². The van der Waals surface area contributed by atoms with E-state index in [0.717, 1.165) is 54.2 Å². The predicted octanol–water partition coefficient (Wildman–Crippen LogP) is 10.2. The van der Waals surface area contributed by atoms with Gasteiger partial charge in [0.1, 0.15) is 37.7 Å². The second kappa shape index (κ2) is 26.5. The van der Waals surface area contributed by atoms with Gasteiger partial charge in [0.2, 0.25) is 5.60 Å². The second-order valence-corrected chi connectivity index (χ2v) is 22.6. The average molecular weight is 1020 g/mol. The minimum absolute atomic E-state index is 0.00614. The van der Waals surface area contributed by atoms with Crippen LogP contribution in [0.2, 0.25) is 0 Å². The zero-order valence-electron chi connectivity index (χ0n) is 43.8. The van der Waals surface area contributed by atoms with E-state index >= 15 is 0 Å². The van der Waals surface area contributed by atoms with Crippen molar-refractivity contribution in [2.75, 3.05) is 55.0 Å². The normalized spacial score (nSPS) is 16.1. The molecular formula is C56H80N4O11P+. The Kier molecular flexibility index (Phi) is 20.8. The zero-order valence-corrected chi connectivity index (χ0v) is 44.7. The molecule has 0 saturated heterocycles. The summed E-state index contributed by atoms with van der Waals surface area (Å²) in [4.78, 5) is 71.0. The van der Waals surface area contributed by atoms with E-state index in [9.17, 15) is 33.7 Å². The van der Waals surface area contributed by atoms with Crippen LogP contribution in [0, 0.1) is 0 Å². The molecule has 1 unspecified atom stereocenters. The number of ether oxygens (including phenoxy) is 2. The quantitative estimate of drug-likeness (QED) is 0.0137. The molecule has 0 spiro atoms. The maximum Gasteiger partial charge on any atom is 0.472 e. The van der Waals surface area contributed by atoms with Gasteiger partial charge in [-0.15, -0.1) is 0 Å². The summed E-state index contributed by atoms with van der Waals surface area (Å²) in [6.45, 7) is 3.24. The number of cyclic esters (lactones) is 1. The highest BCUT2D eigenvalue weighted by Crippen LogP contribution is 2.44. The Morgan fingerprint density at radius 1 is 0.819 bits per heavy atom. The number of hydrogen-bond acceptors (Lipinski definition) is 12. The van der Waals surface area contributed by atoms with Crippen molar-refractivity contribution in [2.24, 2.45) is 0 Å². The third kappa shape index (κ3) is 15.9. The second-order valence-electron chi connectivity index (χ2n) is 21.2. The van der Waals surface area contributed by atoms with E-state index in [1.165, 1.54) is 82.6 Å². The van der Waals surface area contributed by atoms with Crippen LogP contribution in [0.4, 0.5) is 0 Å². The van der Waals surface area contributed by atoms with Gasteiger partial charge in [-0.3, -0.25) is 23.4 Å². The Balaban J connectivity index is 0.844. The van der Waals surface area contributed by atoms with E-state index in [1.807, 2.05) is 70.5 Å². The molecule has 2 atom stereocenters. The molecule has 2 aliphatic heterocycles. The number of quaternary nitrogens is 1. The summed E-state index contributed by atoms with van der Waals surface area (Å²) in [6, 6.07) is 15.0. The summed E-state index contributed by atoms with van der Waals surface area (Å²) in [5.41, 5.74) is 3.41. The SMILES string of the molecule is CC[C@@]1(OC(=O)CC(=O)Cc2ccc(CCCCCCCCCCCCCCCCCCOP(=O)(O)OCC[N+](C)(C)C)cc2)C(=O)OCc2c1cc1n(c2=O)Cc2cc3c(CN(C)C)c(O)ccc3nc2-1. The summed E-state index contributed by atoms with van der Waals surface area (Å²) in [5.74, 6) is -1.84. The number of carbonyl (C=O) groups is 3. The molecule has 2 N–H and O–H groups in total. The molecule has 16 heteroatoms. The first-order valence-electron chi connectivity index (χ1n) is 26.4. The molecule has 0 amide bonds. The minimum Gasteiger partial charge on any atom is -0.508 e. The van der Waals surface area contributed by atoms with Gasteiger partial charge in [-0.25, -0.2) is 14.3 Å². The number of aryl methyl sites for hydroxylation is 1. The summed E-state index contributed by atoms with van der Waals surface area (Å²) in [5, 5.41) is 11.5. The van der Waals surface area contributed by atoms with Crippen LogP contribution in [-0.2, 0) is 75.6 Å². The van der Waals surface area contributed by atoms with Gasteiger partial charge in [0, 0.05) is 35.0 Å². The smallest absolute Gasteiger partial charge is 0.472 e. The van der Waals surface area contributed by atoms with Gasteiger partial charge in [0.25, 0.3) is 5.56 Å². The topological polar surface area (TPSA) is 184 Å². The number of hydrogen-bond donors (Lipinski definition) is 2. The molecule has 6 rings (SSSR count). The Labute approximate surface area is 426 Å². The van der Waals surface area contributed by atoms with Crippen LogP contribution in [-0.4, -0.2) is 102 Å². The third-order valence-electron chi connectivity index (χ3n) is 13.9. The molecule has 4 heterocycles. The van der Waals surface area contributed by atoms with Crippen molar-refractivity contribution in [2.45, 2.75) is 161 Å². The highest BCUT2D eigenvalue weighted by atomic mass is 31.2. The molecule has 0 aliphatic carbocycles. The van der Waals surface area contributed by atoms with Crippen molar-refractivity contribution in [3.05, 3.63) is 92.3 Å². The van der Waals surface area contributed by atoms with Gasteiger partial charge < -0.3 is 33.4 Å². The molecular weight excluding hydrogens is 936 g/mol. The lowest BCUT2D eigenvalue weighted by molar-refractivity contribution is -0.870. The van der Waals surface area contributed by atoms with Gasteiger partial charge in [-0.05, 0) is 75.2 Å². The van der Waals surface area contributed by atoms with Crippen molar-refractivity contribution < 1.29 is 52.0 Å². The van der Waals surface area contributed by atoms with Crippen LogP contribution in [0.3, 0.4) is 0 Å². The number of Topliss-reactive ketones (excluding diaryl/α,β-unsaturated/α-hetero) is 1. The number of unbranched alkanes of at least 4 members (excludes halogenated alkanes) is 15. The number of ketones is 1. The number of likely N-dealkylation sites (N-methyl/N-ethyl adjacent to an activating group) is 1. The molecule has 2 aliphatic rings. The molecule has 2 aromatic carbocycles. The fourth-order valence-electron chi connectivity index (χ4n) is 9.80. The first-order valence-corrected chi connectivity index (χ1v) is 27.9. The van der Waals surface area contributed by atoms with Crippen LogP contribution >= 0.6 is 7.82 Å². The van der Waals surface area contributed by atoms with Gasteiger partial charge >= 0.3 is 19.8 Å². The van der Waals surface area contributed by atoms with E-state index < -0.39 is 31.8 Å². The fourth-order valence-corrected chi connectivity index (χ4v) is 10.5. The molecule has 0 fully saturated rings. The number of phenols is 1. The maximum atomic E-state index is 14.1. The summed E-state index contributed by atoms with van der Waals surface area (Å²) >= 11 is 0. The Hall–Kier alpha value is -4.76. The monoisotopic (exact) mass is 1020 g/mol. The largest absolute Gasteiger partial charge is 0.508 e. The number of phosphoric ester groups is 1. The molecule has 0 radical (unpaired) electrons. The van der Waals surface area contributed by atoms with Crippen molar-refractivity contribution in [1.29, 1.82) is 0 Å². The number of nitrogens with zero attached hydrogens (tertiary/aromatic N) is 4. The molecule has 2 aromatic heterocycles. The number of esters is 2. The number of aromatic nitrogens is 2. The van der Waals surface area contributed by atoms with Crippen LogP contribution in [0.15, 0.2) is 53.3 Å². The number of phosphoric acid groups is 1. The first-order chi connectivity index (χ1) is 34.4. The molecule has 394 valence electrons. The van der Waals surface area contributed by atoms with E-state index in [0.29, 0.717) is 34.5 Å². The molecule has 72 heavy (non-hydrogen) atoms. The lowest BCUT2D eigenvalue weighted by Crippen LogP contribution is -2.47. The average Bonchev–Trinajstić information content (AvgIpc) is 3.68. The molecule has 15 nitrogen and oxygen atoms in total. The number of benzene rings is 2. The van der Waals surface area contributed by atoms with E-state index in [1.54, 1.807) is 29.7 Å². The van der Waals surface area contributed by atoms with Crippen molar-refractivity contribution in [3.8, 4) is 17.1 Å². The lowest BCUT2D eigenvalue weighted by Gasteiger charge is -2.35. The zero-order chi connectivity index (χ0) is 51.9. The van der Waals surface area contributed by atoms with Gasteiger partial charge in [0.15, 0.2) is 0 Å². The number of rotatable bonds is 32. The lowest BCUT2D eigenvalue weighted by atomic mass is 9.85. The van der Waals surface area contributed by atoms with Crippen LogP contribution in [0.25, 0.3) is 22.3 Å².